The Morgan fingerprint density at radius 3 is 2.57 bits per heavy atom. The first-order chi connectivity index (χ1) is 9.95. The van der Waals surface area contributed by atoms with Crippen LogP contribution in [0.4, 0.5) is 15.8 Å². The zero-order valence-electron chi connectivity index (χ0n) is 13.5. The smallest absolute Gasteiger partial charge is 0.227 e. The number of hydrogen-bond donors (Lipinski definition) is 3. The van der Waals surface area contributed by atoms with E-state index in [4.69, 9.17) is 5.73 Å². The maximum absolute atomic E-state index is 13.4. The van der Waals surface area contributed by atoms with Gasteiger partial charge < -0.3 is 16.4 Å². The molecule has 132 valence electrons. The third-order valence-electron chi connectivity index (χ3n) is 3.77. The fourth-order valence-corrected chi connectivity index (χ4v) is 2.76. The number of rotatable bonds is 4. The first-order valence-electron chi connectivity index (χ1n) is 7.58. The number of nitrogens with two attached hydrogens (primary N) is 1. The second-order valence-electron chi connectivity index (χ2n) is 6.10. The molecule has 7 heteroatoms. The van der Waals surface area contributed by atoms with E-state index in [1.807, 2.05) is 13.8 Å². The van der Waals surface area contributed by atoms with Gasteiger partial charge in [-0.15, -0.1) is 24.8 Å². The fraction of sp³-hybridized carbons (Fsp3) is 0.562. The molecule has 1 saturated carbocycles. The number of hydrogen-bond acceptors (Lipinski definition) is 3. The minimum absolute atomic E-state index is 0. The van der Waals surface area contributed by atoms with Crippen LogP contribution in [0, 0.1) is 11.7 Å². The van der Waals surface area contributed by atoms with Crippen LogP contribution < -0.4 is 16.4 Å². The maximum Gasteiger partial charge on any atom is 0.227 e. The Morgan fingerprint density at radius 2 is 1.96 bits per heavy atom. The Morgan fingerprint density at radius 1 is 1.26 bits per heavy atom. The molecule has 0 aromatic heterocycles. The summed E-state index contributed by atoms with van der Waals surface area (Å²) in [6.07, 6.45) is 3.50. The molecule has 0 bridgehead atoms. The first kappa shape index (κ1) is 22.0. The van der Waals surface area contributed by atoms with Crippen LogP contribution >= 0.6 is 24.8 Å². The Kier molecular flexibility index (Phi) is 9.51. The number of amides is 1. The highest BCUT2D eigenvalue weighted by Gasteiger charge is 2.25. The van der Waals surface area contributed by atoms with Crippen molar-refractivity contribution in [1.82, 2.24) is 0 Å². The summed E-state index contributed by atoms with van der Waals surface area (Å²) in [6.45, 7) is 3.99. The van der Waals surface area contributed by atoms with Crippen LogP contribution in [-0.4, -0.2) is 18.0 Å². The largest absolute Gasteiger partial charge is 0.381 e. The van der Waals surface area contributed by atoms with E-state index >= 15 is 0 Å². The standard InChI is InChI=1S/C16H24FN3O.2ClH/c1-10(2)19-14-7-6-12(17)9-15(14)20-16(21)11-4-3-5-13(18)8-11;;/h6-7,9-11,13,19H,3-5,8,18H2,1-2H3,(H,20,21);2*1H. The topological polar surface area (TPSA) is 67.1 Å². The summed E-state index contributed by atoms with van der Waals surface area (Å²) in [5.41, 5.74) is 7.15. The molecule has 0 heterocycles. The van der Waals surface area contributed by atoms with E-state index in [0.717, 1.165) is 24.9 Å². The summed E-state index contributed by atoms with van der Waals surface area (Å²) < 4.78 is 13.4. The second kappa shape index (κ2) is 9.96. The van der Waals surface area contributed by atoms with Crippen molar-refractivity contribution < 1.29 is 9.18 Å². The van der Waals surface area contributed by atoms with Crippen LogP contribution in [-0.2, 0) is 4.79 Å². The number of benzene rings is 1. The predicted octanol–water partition coefficient (Wildman–Crippen LogP) is 3.95. The number of anilines is 2. The quantitative estimate of drug-likeness (QED) is 0.756. The van der Waals surface area contributed by atoms with Crippen molar-refractivity contribution in [3.05, 3.63) is 24.0 Å². The molecule has 4 nitrogen and oxygen atoms in total. The normalized spacial score (nSPS) is 20.2. The number of halogens is 3. The number of carbonyl (C=O) groups excluding carboxylic acids is 1. The van der Waals surface area contributed by atoms with Gasteiger partial charge in [-0.3, -0.25) is 4.79 Å². The lowest BCUT2D eigenvalue weighted by atomic mass is 9.85. The highest BCUT2D eigenvalue weighted by atomic mass is 35.5. The Labute approximate surface area is 149 Å². The summed E-state index contributed by atoms with van der Waals surface area (Å²) in [6, 6.07) is 4.68. The second-order valence-corrected chi connectivity index (χ2v) is 6.10. The van der Waals surface area contributed by atoms with Gasteiger partial charge in [-0.05, 0) is 51.3 Å². The van der Waals surface area contributed by atoms with E-state index in [-0.39, 0.29) is 54.5 Å². The van der Waals surface area contributed by atoms with Crippen molar-refractivity contribution in [3.63, 3.8) is 0 Å². The monoisotopic (exact) mass is 365 g/mol. The molecule has 1 aliphatic rings. The van der Waals surface area contributed by atoms with Crippen molar-refractivity contribution in [3.8, 4) is 0 Å². The highest BCUT2D eigenvalue weighted by Crippen LogP contribution is 2.28. The van der Waals surface area contributed by atoms with E-state index in [1.165, 1.54) is 12.1 Å². The van der Waals surface area contributed by atoms with Crippen LogP contribution in [0.5, 0.6) is 0 Å². The van der Waals surface area contributed by atoms with Gasteiger partial charge >= 0.3 is 0 Å². The van der Waals surface area contributed by atoms with Crippen LogP contribution in [0.2, 0.25) is 0 Å². The molecule has 1 aromatic rings. The number of nitrogens with one attached hydrogen (secondary N) is 2. The first-order valence-corrected chi connectivity index (χ1v) is 7.58. The molecule has 2 unspecified atom stereocenters. The lowest BCUT2D eigenvalue weighted by Crippen LogP contribution is -2.34. The molecule has 2 atom stereocenters. The Hall–Kier alpha value is -1.04. The average Bonchev–Trinajstić information content (AvgIpc) is 2.41. The maximum atomic E-state index is 13.4. The average molecular weight is 366 g/mol. The van der Waals surface area contributed by atoms with Crippen LogP contribution in [0.1, 0.15) is 39.5 Å². The van der Waals surface area contributed by atoms with Crippen molar-refractivity contribution in [2.75, 3.05) is 10.6 Å². The van der Waals surface area contributed by atoms with Gasteiger partial charge in [0.1, 0.15) is 5.82 Å². The molecule has 1 amide bonds. The van der Waals surface area contributed by atoms with Crippen molar-refractivity contribution in [2.24, 2.45) is 11.7 Å². The molecule has 0 radical (unpaired) electrons. The molecule has 0 saturated heterocycles. The van der Waals surface area contributed by atoms with Gasteiger partial charge in [-0.25, -0.2) is 4.39 Å². The van der Waals surface area contributed by atoms with Gasteiger partial charge in [0.05, 0.1) is 11.4 Å². The summed E-state index contributed by atoms with van der Waals surface area (Å²) in [5.74, 6) is -0.508. The van der Waals surface area contributed by atoms with Gasteiger partial charge in [-0.1, -0.05) is 6.42 Å². The van der Waals surface area contributed by atoms with E-state index in [9.17, 15) is 9.18 Å². The SMILES string of the molecule is CC(C)Nc1ccc(F)cc1NC(=O)C1CCCC(N)C1.Cl.Cl. The van der Waals surface area contributed by atoms with Gasteiger partial charge in [0, 0.05) is 18.0 Å². The predicted molar refractivity (Wildman–Crippen MR) is 98.2 cm³/mol. The molecular formula is C16H26Cl2FN3O. The fourth-order valence-electron chi connectivity index (χ4n) is 2.76. The molecule has 0 aliphatic heterocycles. The molecule has 1 aromatic carbocycles. The van der Waals surface area contributed by atoms with Gasteiger partial charge in [0.15, 0.2) is 0 Å². The zero-order chi connectivity index (χ0) is 15.4. The van der Waals surface area contributed by atoms with E-state index in [2.05, 4.69) is 10.6 Å². The highest BCUT2D eigenvalue weighted by molar-refractivity contribution is 5.95. The lowest BCUT2D eigenvalue weighted by Gasteiger charge is -2.26. The number of carbonyl (C=O) groups is 1. The summed E-state index contributed by atoms with van der Waals surface area (Å²) >= 11 is 0. The third-order valence-corrected chi connectivity index (χ3v) is 3.77. The zero-order valence-corrected chi connectivity index (χ0v) is 15.1. The van der Waals surface area contributed by atoms with Crippen LogP contribution in [0.15, 0.2) is 18.2 Å². The van der Waals surface area contributed by atoms with Crippen molar-refractivity contribution in [1.29, 1.82) is 0 Å². The van der Waals surface area contributed by atoms with Crippen molar-refractivity contribution >= 4 is 42.1 Å². The molecular weight excluding hydrogens is 340 g/mol. The Balaban J connectivity index is 0.00000242. The molecule has 1 fully saturated rings. The molecule has 0 spiro atoms. The molecule has 1 aliphatic carbocycles. The molecule has 2 rings (SSSR count). The van der Waals surface area contributed by atoms with Gasteiger partial charge in [0.2, 0.25) is 5.91 Å². The lowest BCUT2D eigenvalue weighted by molar-refractivity contribution is -0.120. The molecule has 23 heavy (non-hydrogen) atoms. The summed E-state index contributed by atoms with van der Waals surface area (Å²) in [4.78, 5) is 12.3. The van der Waals surface area contributed by atoms with Gasteiger partial charge in [0.25, 0.3) is 0 Å². The van der Waals surface area contributed by atoms with Crippen molar-refractivity contribution in [2.45, 2.75) is 51.6 Å². The minimum Gasteiger partial charge on any atom is -0.381 e. The molecule has 4 N–H and O–H groups in total. The van der Waals surface area contributed by atoms with E-state index in [1.54, 1.807) is 6.07 Å². The van der Waals surface area contributed by atoms with Crippen LogP contribution in [0.3, 0.4) is 0 Å². The summed E-state index contributed by atoms with van der Waals surface area (Å²) in [7, 11) is 0. The Bertz CT molecular complexity index is 514. The summed E-state index contributed by atoms with van der Waals surface area (Å²) in [5, 5.41) is 6.06. The van der Waals surface area contributed by atoms with E-state index in [0.29, 0.717) is 12.1 Å². The van der Waals surface area contributed by atoms with Gasteiger partial charge in [-0.2, -0.15) is 0 Å². The van der Waals surface area contributed by atoms with E-state index < -0.39 is 0 Å². The third kappa shape index (κ3) is 6.53. The minimum atomic E-state index is -0.361. The van der Waals surface area contributed by atoms with Crippen LogP contribution in [0.25, 0.3) is 0 Å².